The SMILES string of the molecule is OC[C@H]1CCCCN1CC(O)COCc1ccco1. The predicted octanol–water partition coefficient (Wildman–Crippen LogP) is 1.00. The van der Waals surface area contributed by atoms with E-state index >= 15 is 0 Å². The van der Waals surface area contributed by atoms with E-state index < -0.39 is 6.10 Å². The molecule has 0 bridgehead atoms. The van der Waals surface area contributed by atoms with E-state index in [1.165, 1.54) is 0 Å². The monoisotopic (exact) mass is 269 g/mol. The molecule has 5 nitrogen and oxygen atoms in total. The molecule has 2 atom stereocenters. The van der Waals surface area contributed by atoms with Crippen LogP contribution in [0.1, 0.15) is 25.0 Å². The molecule has 108 valence electrons. The summed E-state index contributed by atoms with van der Waals surface area (Å²) in [4.78, 5) is 2.16. The fraction of sp³-hybridized carbons (Fsp3) is 0.714. The van der Waals surface area contributed by atoms with E-state index in [9.17, 15) is 10.2 Å². The number of hydrogen-bond acceptors (Lipinski definition) is 5. The van der Waals surface area contributed by atoms with Crippen molar-refractivity contribution in [2.24, 2.45) is 0 Å². The molecule has 1 aromatic rings. The highest BCUT2D eigenvalue weighted by molar-refractivity contribution is 4.96. The Morgan fingerprint density at radius 2 is 2.37 bits per heavy atom. The van der Waals surface area contributed by atoms with Gasteiger partial charge in [-0.05, 0) is 31.5 Å². The number of ether oxygens (including phenoxy) is 1. The summed E-state index contributed by atoms with van der Waals surface area (Å²) in [7, 11) is 0. The van der Waals surface area contributed by atoms with E-state index in [0.717, 1.165) is 31.6 Å². The van der Waals surface area contributed by atoms with Crippen molar-refractivity contribution < 1.29 is 19.4 Å². The molecule has 1 aromatic heterocycles. The van der Waals surface area contributed by atoms with Crippen molar-refractivity contribution in [2.75, 3.05) is 26.3 Å². The first kappa shape index (κ1) is 14.5. The van der Waals surface area contributed by atoms with Crippen LogP contribution >= 0.6 is 0 Å². The third-order valence-corrected chi connectivity index (χ3v) is 3.54. The van der Waals surface area contributed by atoms with Crippen molar-refractivity contribution in [3.63, 3.8) is 0 Å². The number of aliphatic hydroxyl groups excluding tert-OH is 2. The molecule has 2 rings (SSSR count). The number of nitrogens with zero attached hydrogens (tertiary/aromatic N) is 1. The molecule has 5 heteroatoms. The van der Waals surface area contributed by atoms with Crippen LogP contribution in [0.3, 0.4) is 0 Å². The van der Waals surface area contributed by atoms with Gasteiger partial charge >= 0.3 is 0 Å². The van der Waals surface area contributed by atoms with Crippen molar-refractivity contribution in [1.82, 2.24) is 4.90 Å². The summed E-state index contributed by atoms with van der Waals surface area (Å²) in [5.41, 5.74) is 0. The number of aliphatic hydroxyl groups is 2. The van der Waals surface area contributed by atoms with E-state index in [4.69, 9.17) is 9.15 Å². The highest BCUT2D eigenvalue weighted by Gasteiger charge is 2.23. The van der Waals surface area contributed by atoms with Crippen molar-refractivity contribution in [3.05, 3.63) is 24.2 Å². The van der Waals surface area contributed by atoms with Gasteiger partial charge in [-0.2, -0.15) is 0 Å². The molecular formula is C14H23NO4. The molecule has 0 radical (unpaired) electrons. The Morgan fingerprint density at radius 3 is 3.11 bits per heavy atom. The molecular weight excluding hydrogens is 246 g/mol. The standard InChI is InChI=1S/C14H23NO4/c16-9-12-4-1-2-6-15(12)8-13(17)10-18-11-14-5-3-7-19-14/h3,5,7,12-13,16-17H,1-2,4,6,8-11H2/t12-,13?/m1/s1. The Labute approximate surface area is 113 Å². The zero-order valence-electron chi connectivity index (χ0n) is 11.2. The second-order valence-corrected chi connectivity index (χ2v) is 5.08. The van der Waals surface area contributed by atoms with Crippen LogP contribution in [0, 0.1) is 0 Å². The fourth-order valence-electron chi connectivity index (χ4n) is 2.52. The average Bonchev–Trinajstić information content (AvgIpc) is 2.92. The Bertz CT molecular complexity index is 341. The lowest BCUT2D eigenvalue weighted by Gasteiger charge is -2.35. The molecule has 0 saturated carbocycles. The number of hydrogen-bond donors (Lipinski definition) is 2. The molecule has 19 heavy (non-hydrogen) atoms. The first-order valence-corrected chi connectivity index (χ1v) is 6.92. The quantitative estimate of drug-likeness (QED) is 0.773. The smallest absolute Gasteiger partial charge is 0.129 e. The molecule has 1 aliphatic heterocycles. The first-order chi connectivity index (χ1) is 9.29. The van der Waals surface area contributed by atoms with Gasteiger partial charge in [0.15, 0.2) is 0 Å². The number of likely N-dealkylation sites (tertiary alicyclic amines) is 1. The van der Waals surface area contributed by atoms with Crippen LogP contribution in [-0.4, -0.2) is 53.6 Å². The highest BCUT2D eigenvalue weighted by atomic mass is 16.5. The maximum atomic E-state index is 9.96. The van der Waals surface area contributed by atoms with E-state index in [-0.39, 0.29) is 19.3 Å². The number of rotatable bonds is 7. The van der Waals surface area contributed by atoms with Crippen molar-refractivity contribution >= 4 is 0 Å². The van der Waals surface area contributed by atoms with Gasteiger partial charge in [-0.1, -0.05) is 6.42 Å². The number of β-amino-alcohol motifs (C(OH)–C–C–N with tert-alkyl or cyclic N) is 1. The van der Waals surface area contributed by atoms with Gasteiger partial charge in [0.1, 0.15) is 12.4 Å². The van der Waals surface area contributed by atoms with Crippen LogP contribution in [0.5, 0.6) is 0 Å². The summed E-state index contributed by atoms with van der Waals surface area (Å²) in [6.07, 6.45) is 4.39. The summed E-state index contributed by atoms with van der Waals surface area (Å²) in [6.45, 7) is 2.34. The Morgan fingerprint density at radius 1 is 1.47 bits per heavy atom. The maximum absolute atomic E-state index is 9.96. The van der Waals surface area contributed by atoms with E-state index in [1.54, 1.807) is 6.26 Å². The zero-order chi connectivity index (χ0) is 13.5. The largest absolute Gasteiger partial charge is 0.467 e. The molecule has 0 aromatic carbocycles. The molecule has 0 aliphatic carbocycles. The Balaban J connectivity index is 1.66. The maximum Gasteiger partial charge on any atom is 0.129 e. The molecule has 1 fully saturated rings. The van der Waals surface area contributed by atoms with E-state index in [2.05, 4.69) is 4.90 Å². The molecule has 1 unspecified atom stereocenters. The van der Waals surface area contributed by atoms with Crippen LogP contribution in [0.15, 0.2) is 22.8 Å². The lowest BCUT2D eigenvalue weighted by molar-refractivity contribution is -0.0137. The Hall–Kier alpha value is -0.880. The summed E-state index contributed by atoms with van der Waals surface area (Å²) in [6, 6.07) is 3.85. The lowest BCUT2D eigenvalue weighted by atomic mass is 10.0. The molecule has 0 spiro atoms. The van der Waals surface area contributed by atoms with Gasteiger partial charge in [-0.25, -0.2) is 0 Å². The minimum absolute atomic E-state index is 0.167. The highest BCUT2D eigenvalue weighted by Crippen LogP contribution is 2.16. The van der Waals surface area contributed by atoms with Gasteiger partial charge in [0.2, 0.25) is 0 Å². The van der Waals surface area contributed by atoms with Gasteiger partial charge in [-0.3, -0.25) is 4.90 Å². The van der Waals surface area contributed by atoms with Crippen LogP contribution in [-0.2, 0) is 11.3 Å². The van der Waals surface area contributed by atoms with Crippen LogP contribution in [0.2, 0.25) is 0 Å². The van der Waals surface area contributed by atoms with Gasteiger partial charge < -0.3 is 19.4 Å². The lowest BCUT2D eigenvalue weighted by Crippen LogP contribution is -2.46. The Kier molecular flexibility index (Phi) is 5.85. The summed E-state index contributed by atoms with van der Waals surface area (Å²) in [5, 5.41) is 19.3. The first-order valence-electron chi connectivity index (χ1n) is 6.92. The van der Waals surface area contributed by atoms with Crippen molar-refractivity contribution in [1.29, 1.82) is 0 Å². The molecule has 1 saturated heterocycles. The predicted molar refractivity (Wildman–Crippen MR) is 70.7 cm³/mol. The summed E-state index contributed by atoms with van der Waals surface area (Å²) < 4.78 is 10.6. The van der Waals surface area contributed by atoms with Gasteiger partial charge in [0.25, 0.3) is 0 Å². The third-order valence-electron chi connectivity index (χ3n) is 3.54. The van der Waals surface area contributed by atoms with Gasteiger partial charge in [0, 0.05) is 12.6 Å². The second kappa shape index (κ2) is 7.65. The number of piperidine rings is 1. The molecule has 0 amide bonds. The number of furan rings is 1. The van der Waals surface area contributed by atoms with Crippen LogP contribution in [0.25, 0.3) is 0 Å². The molecule has 1 aliphatic rings. The molecule has 2 N–H and O–H groups in total. The minimum atomic E-state index is -0.526. The fourth-order valence-corrected chi connectivity index (χ4v) is 2.52. The van der Waals surface area contributed by atoms with E-state index in [1.807, 2.05) is 12.1 Å². The topological polar surface area (TPSA) is 66.1 Å². The minimum Gasteiger partial charge on any atom is -0.467 e. The van der Waals surface area contributed by atoms with Crippen molar-refractivity contribution in [3.8, 4) is 0 Å². The van der Waals surface area contributed by atoms with Crippen LogP contribution < -0.4 is 0 Å². The second-order valence-electron chi connectivity index (χ2n) is 5.08. The summed E-state index contributed by atoms with van der Waals surface area (Å²) >= 11 is 0. The average molecular weight is 269 g/mol. The zero-order valence-corrected chi connectivity index (χ0v) is 11.2. The summed E-state index contributed by atoms with van der Waals surface area (Å²) in [5.74, 6) is 0.762. The van der Waals surface area contributed by atoms with Crippen LogP contribution in [0.4, 0.5) is 0 Å². The third kappa shape index (κ3) is 4.62. The van der Waals surface area contributed by atoms with E-state index in [0.29, 0.717) is 13.2 Å². The van der Waals surface area contributed by atoms with Gasteiger partial charge in [-0.15, -0.1) is 0 Å². The van der Waals surface area contributed by atoms with Crippen molar-refractivity contribution in [2.45, 2.75) is 38.0 Å². The van der Waals surface area contributed by atoms with Gasteiger partial charge in [0.05, 0.1) is 25.6 Å². The normalized spacial score (nSPS) is 22.5. The molecule has 2 heterocycles.